The lowest BCUT2D eigenvalue weighted by Crippen LogP contribution is -2.41. The van der Waals surface area contributed by atoms with Crippen LogP contribution in [0.3, 0.4) is 0 Å². The molecule has 2 heterocycles. The zero-order valence-electron chi connectivity index (χ0n) is 17.2. The number of amides is 1. The molecule has 0 fully saturated rings. The van der Waals surface area contributed by atoms with Crippen LogP contribution in [0.25, 0.3) is 0 Å². The van der Waals surface area contributed by atoms with Gasteiger partial charge in [0.1, 0.15) is 5.82 Å². The highest BCUT2D eigenvalue weighted by Crippen LogP contribution is 2.38. The molecule has 0 saturated heterocycles. The van der Waals surface area contributed by atoms with Crippen molar-refractivity contribution >= 4 is 23.5 Å². The molecule has 1 amide bonds. The molecule has 7 heteroatoms. The molecule has 0 bridgehead atoms. The van der Waals surface area contributed by atoms with Gasteiger partial charge in [-0.2, -0.15) is 0 Å². The highest BCUT2D eigenvalue weighted by atomic mass is 16.5. The van der Waals surface area contributed by atoms with Gasteiger partial charge in [0.2, 0.25) is 6.10 Å². The molecular weight excluding hydrogens is 394 g/mol. The fourth-order valence-electron chi connectivity index (χ4n) is 3.36. The fourth-order valence-corrected chi connectivity index (χ4v) is 3.36. The molecule has 3 aromatic rings. The summed E-state index contributed by atoms with van der Waals surface area (Å²) in [6, 6.07) is 19.7. The van der Waals surface area contributed by atoms with Gasteiger partial charge in [-0.15, -0.1) is 0 Å². The van der Waals surface area contributed by atoms with Crippen LogP contribution >= 0.6 is 0 Å². The van der Waals surface area contributed by atoms with Crippen LogP contribution < -0.4 is 15.4 Å². The van der Waals surface area contributed by atoms with Gasteiger partial charge in [0, 0.05) is 5.56 Å². The van der Waals surface area contributed by atoms with Crippen LogP contribution in [0.2, 0.25) is 0 Å². The summed E-state index contributed by atoms with van der Waals surface area (Å²) in [4.78, 5) is 31.3. The number of aromatic nitrogens is 1. The van der Waals surface area contributed by atoms with E-state index in [9.17, 15) is 9.59 Å². The van der Waals surface area contributed by atoms with Crippen LogP contribution in [0, 0.1) is 0 Å². The second-order valence-corrected chi connectivity index (χ2v) is 7.22. The van der Waals surface area contributed by atoms with Crippen molar-refractivity contribution in [2.75, 3.05) is 17.2 Å². The quantitative estimate of drug-likeness (QED) is 0.612. The summed E-state index contributed by atoms with van der Waals surface area (Å²) in [5.74, 6) is 0.571. The number of anilines is 2. The normalized spacial score (nSPS) is 15.2. The minimum Gasteiger partial charge on any atom is -0.472 e. The molecule has 0 saturated carbocycles. The maximum absolute atomic E-state index is 13.3. The van der Waals surface area contributed by atoms with Crippen LogP contribution in [-0.4, -0.2) is 23.5 Å². The summed E-state index contributed by atoms with van der Waals surface area (Å²) in [5.41, 5.74) is 7.93. The SMILES string of the molecule is CCCOC(=O)c1ccc(CN2C(=O)C(c3ccccc3)Oc3ccc(N)nc32)cc1. The molecule has 0 aliphatic carbocycles. The second-order valence-electron chi connectivity index (χ2n) is 7.22. The van der Waals surface area contributed by atoms with Crippen molar-refractivity contribution in [1.29, 1.82) is 0 Å². The summed E-state index contributed by atoms with van der Waals surface area (Å²) in [6.07, 6.45) is -0.0106. The van der Waals surface area contributed by atoms with E-state index in [4.69, 9.17) is 15.2 Å². The van der Waals surface area contributed by atoms with Gasteiger partial charge in [0.25, 0.3) is 5.91 Å². The third kappa shape index (κ3) is 4.35. The van der Waals surface area contributed by atoms with E-state index in [-0.39, 0.29) is 18.4 Å². The van der Waals surface area contributed by atoms with Crippen LogP contribution in [0.4, 0.5) is 11.6 Å². The van der Waals surface area contributed by atoms with Gasteiger partial charge in [-0.3, -0.25) is 9.69 Å². The van der Waals surface area contributed by atoms with E-state index in [0.717, 1.165) is 17.5 Å². The van der Waals surface area contributed by atoms with Crippen molar-refractivity contribution < 1.29 is 19.1 Å². The van der Waals surface area contributed by atoms with Gasteiger partial charge in [0.15, 0.2) is 11.6 Å². The Balaban J connectivity index is 1.62. The largest absolute Gasteiger partial charge is 0.472 e. The summed E-state index contributed by atoms with van der Waals surface area (Å²) in [7, 11) is 0. The number of pyridine rings is 1. The van der Waals surface area contributed by atoms with Crippen molar-refractivity contribution in [2.24, 2.45) is 0 Å². The summed E-state index contributed by atoms with van der Waals surface area (Å²) < 4.78 is 11.1. The van der Waals surface area contributed by atoms with E-state index in [2.05, 4.69) is 4.98 Å². The molecule has 1 aliphatic heterocycles. The molecule has 2 aromatic carbocycles. The Morgan fingerprint density at radius 1 is 1.10 bits per heavy atom. The number of carbonyl (C=O) groups is 2. The molecule has 0 radical (unpaired) electrons. The van der Waals surface area contributed by atoms with Gasteiger partial charge in [0.05, 0.1) is 18.7 Å². The highest BCUT2D eigenvalue weighted by Gasteiger charge is 2.36. The first kappa shape index (κ1) is 20.4. The number of fused-ring (bicyclic) bond motifs is 1. The lowest BCUT2D eigenvalue weighted by atomic mass is 10.1. The molecule has 2 N–H and O–H groups in total. The van der Waals surface area contributed by atoms with Gasteiger partial charge < -0.3 is 15.2 Å². The number of esters is 1. The number of carbonyl (C=O) groups excluding carboxylic acids is 2. The minimum absolute atomic E-state index is 0.233. The number of rotatable bonds is 6. The highest BCUT2D eigenvalue weighted by molar-refractivity contribution is 5.99. The van der Waals surface area contributed by atoms with Crippen molar-refractivity contribution in [3.05, 3.63) is 83.4 Å². The Kier molecular flexibility index (Phi) is 5.84. The third-order valence-electron chi connectivity index (χ3n) is 4.92. The average molecular weight is 417 g/mol. The smallest absolute Gasteiger partial charge is 0.338 e. The van der Waals surface area contributed by atoms with E-state index in [1.165, 1.54) is 0 Å². The Morgan fingerprint density at radius 2 is 1.84 bits per heavy atom. The van der Waals surface area contributed by atoms with E-state index < -0.39 is 6.10 Å². The van der Waals surface area contributed by atoms with E-state index >= 15 is 0 Å². The standard InChI is InChI=1S/C24H23N3O4/c1-2-14-30-24(29)18-10-8-16(9-11-18)15-27-22-19(12-13-20(25)26-22)31-21(23(27)28)17-6-4-3-5-7-17/h3-13,21H,2,14-15H2,1H3,(H2,25,26). The molecule has 1 atom stereocenters. The molecule has 31 heavy (non-hydrogen) atoms. The zero-order chi connectivity index (χ0) is 21.8. The second kappa shape index (κ2) is 8.87. The average Bonchev–Trinajstić information content (AvgIpc) is 2.80. The first-order valence-corrected chi connectivity index (χ1v) is 10.1. The lowest BCUT2D eigenvalue weighted by Gasteiger charge is -2.33. The third-order valence-corrected chi connectivity index (χ3v) is 4.92. The lowest BCUT2D eigenvalue weighted by molar-refractivity contribution is -0.126. The van der Waals surface area contributed by atoms with E-state index in [0.29, 0.717) is 29.6 Å². The molecule has 158 valence electrons. The molecule has 7 nitrogen and oxygen atoms in total. The van der Waals surface area contributed by atoms with Crippen molar-refractivity contribution in [3.63, 3.8) is 0 Å². The van der Waals surface area contributed by atoms with Gasteiger partial charge in [-0.1, -0.05) is 49.4 Å². The Morgan fingerprint density at radius 3 is 2.55 bits per heavy atom. The van der Waals surface area contributed by atoms with E-state index in [1.54, 1.807) is 41.3 Å². The number of nitrogens with zero attached hydrogens (tertiary/aromatic N) is 2. The molecule has 1 aromatic heterocycles. The topological polar surface area (TPSA) is 94.8 Å². The molecule has 1 unspecified atom stereocenters. The fraction of sp³-hybridized carbons (Fsp3) is 0.208. The Labute approximate surface area is 180 Å². The Bertz CT molecular complexity index is 1080. The number of nitrogens with two attached hydrogens (primary N) is 1. The Hall–Kier alpha value is -3.87. The first-order chi connectivity index (χ1) is 15.1. The zero-order valence-corrected chi connectivity index (χ0v) is 17.2. The van der Waals surface area contributed by atoms with Crippen LogP contribution in [-0.2, 0) is 16.1 Å². The van der Waals surface area contributed by atoms with Gasteiger partial charge in [-0.25, -0.2) is 9.78 Å². The van der Waals surface area contributed by atoms with Crippen LogP contribution in [0.1, 0.15) is 40.9 Å². The molecular formula is C24H23N3O4. The maximum atomic E-state index is 13.3. The number of hydrogen-bond donors (Lipinski definition) is 1. The number of hydrogen-bond acceptors (Lipinski definition) is 6. The summed E-state index contributed by atoms with van der Waals surface area (Å²) >= 11 is 0. The number of ether oxygens (including phenoxy) is 2. The molecule has 1 aliphatic rings. The van der Waals surface area contributed by atoms with Gasteiger partial charge >= 0.3 is 5.97 Å². The summed E-state index contributed by atoms with van der Waals surface area (Å²) in [6.45, 7) is 2.59. The van der Waals surface area contributed by atoms with Crippen molar-refractivity contribution in [2.45, 2.75) is 26.0 Å². The maximum Gasteiger partial charge on any atom is 0.338 e. The molecule has 4 rings (SSSR count). The van der Waals surface area contributed by atoms with Crippen LogP contribution in [0.15, 0.2) is 66.7 Å². The van der Waals surface area contributed by atoms with Crippen molar-refractivity contribution in [1.82, 2.24) is 4.98 Å². The predicted molar refractivity (Wildman–Crippen MR) is 117 cm³/mol. The summed E-state index contributed by atoms with van der Waals surface area (Å²) in [5, 5.41) is 0. The number of nitrogen functional groups attached to an aromatic ring is 1. The first-order valence-electron chi connectivity index (χ1n) is 10.1. The van der Waals surface area contributed by atoms with Gasteiger partial charge in [-0.05, 0) is 36.2 Å². The van der Waals surface area contributed by atoms with Crippen molar-refractivity contribution in [3.8, 4) is 5.75 Å². The molecule has 0 spiro atoms. The predicted octanol–water partition coefficient (Wildman–Crippen LogP) is 3.90. The minimum atomic E-state index is -0.776. The van der Waals surface area contributed by atoms with E-state index in [1.807, 2.05) is 37.3 Å². The monoisotopic (exact) mass is 417 g/mol. The van der Waals surface area contributed by atoms with Crippen LogP contribution in [0.5, 0.6) is 5.75 Å². The number of benzene rings is 2.